The molecule has 0 radical (unpaired) electrons. The minimum Gasteiger partial charge on any atom is -0.358 e. The van der Waals surface area contributed by atoms with Gasteiger partial charge in [-0.3, -0.25) is 4.90 Å². The normalized spacial score (nSPS) is 17.7. The molecule has 3 rings (SSSR count). The van der Waals surface area contributed by atoms with Crippen LogP contribution in [-0.4, -0.2) is 23.0 Å². The first-order valence-electron chi connectivity index (χ1n) is 6.63. The number of aromatic nitrogens is 1. The first-order chi connectivity index (χ1) is 8.34. The Labute approximate surface area is 103 Å². The summed E-state index contributed by atoms with van der Waals surface area (Å²) < 4.78 is 0. The van der Waals surface area contributed by atoms with Gasteiger partial charge in [-0.05, 0) is 44.5 Å². The standard InChI is InChI=1S/C15H20N2/c1-12-14(11-17-9-5-2-6-10-17)13-7-3-4-8-15(13)16-12/h3-4,7-8,16H,2,5-6,9-11H2,1H3. The molecule has 0 saturated carbocycles. The van der Waals surface area contributed by atoms with Crippen molar-refractivity contribution in [3.63, 3.8) is 0 Å². The molecule has 1 N–H and O–H groups in total. The zero-order chi connectivity index (χ0) is 11.7. The smallest absolute Gasteiger partial charge is 0.0459 e. The fraction of sp³-hybridized carbons (Fsp3) is 0.467. The van der Waals surface area contributed by atoms with E-state index < -0.39 is 0 Å². The number of hydrogen-bond acceptors (Lipinski definition) is 1. The van der Waals surface area contributed by atoms with Gasteiger partial charge in [0.1, 0.15) is 0 Å². The lowest BCUT2D eigenvalue weighted by atomic mass is 10.1. The van der Waals surface area contributed by atoms with Crippen molar-refractivity contribution < 1.29 is 0 Å². The summed E-state index contributed by atoms with van der Waals surface area (Å²) in [5.74, 6) is 0. The van der Waals surface area contributed by atoms with Gasteiger partial charge in [-0.1, -0.05) is 24.6 Å². The molecule has 1 aliphatic heterocycles. The van der Waals surface area contributed by atoms with Crippen LogP contribution in [0.4, 0.5) is 0 Å². The highest BCUT2D eigenvalue weighted by Crippen LogP contribution is 2.24. The average molecular weight is 228 g/mol. The number of para-hydroxylation sites is 1. The Kier molecular flexibility index (Phi) is 2.89. The number of fused-ring (bicyclic) bond motifs is 1. The topological polar surface area (TPSA) is 19.0 Å². The van der Waals surface area contributed by atoms with Gasteiger partial charge in [-0.15, -0.1) is 0 Å². The van der Waals surface area contributed by atoms with Crippen molar-refractivity contribution in [3.05, 3.63) is 35.5 Å². The number of nitrogens with one attached hydrogen (secondary N) is 1. The van der Waals surface area contributed by atoms with Gasteiger partial charge in [0.25, 0.3) is 0 Å². The van der Waals surface area contributed by atoms with Gasteiger partial charge in [0.05, 0.1) is 0 Å². The monoisotopic (exact) mass is 228 g/mol. The Morgan fingerprint density at radius 3 is 2.71 bits per heavy atom. The zero-order valence-corrected chi connectivity index (χ0v) is 10.5. The summed E-state index contributed by atoms with van der Waals surface area (Å²) >= 11 is 0. The van der Waals surface area contributed by atoms with Crippen molar-refractivity contribution in [2.24, 2.45) is 0 Å². The molecule has 0 amide bonds. The summed E-state index contributed by atoms with van der Waals surface area (Å²) in [7, 11) is 0. The molecule has 0 spiro atoms. The Balaban J connectivity index is 1.90. The van der Waals surface area contributed by atoms with Gasteiger partial charge in [-0.25, -0.2) is 0 Å². The Hall–Kier alpha value is -1.28. The van der Waals surface area contributed by atoms with Crippen molar-refractivity contribution >= 4 is 10.9 Å². The SMILES string of the molecule is Cc1[nH]c2ccccc2c1CN1CCCCC1. The summed E-state index contributed by atoms with van der Waals surface area (Å²) in [4.78, 5) is 6.08. The van der Waals surface area contributed by atoms with Crippen molar-refractivity contribution in [2.45, 2.75) is 32.7 Å². The predicted molar refractivity (Wildman–Crippen MR) is 72.2 cm³/mol. The Morgan fingerprint density at radius 1 is 1.12 bits per heavy atom. The van der Waals surface area contributed by atoms with E-state index in [4.69, 9.17) is 0 Å². The molecule has 1 aromatic carbocycles. The van der Waals surface area contributed by atoms with Crippen molar-refractivity contribution in [2.75, 3.05) is 13.1 Å². The molecule has 2 heterocycles. The molecule has 1 aromatic heterocycles. The van der Waals surface area contributed by atoms with Crippen LogP contribution in [0.3, 0.4) is 0 Å². The molecular formula is C15H20N2. The van der Waals surface area contributed by atoms with E-state index in [0.717, 1.165) is 6.54 Å². The lowest BCUT2D eigenvalue weighted by Crippen LogP contribution is -2.29. The van der Waals surface area contributed by atoms with E-state index in [1.165, 1.54) is 54.5 Å². The molecule has 2 aromatic rings. The van der Waals surface area contributed by atoms with Gasteiger partial charge in [-0.2, -0.15) is 0 Å². The fourth-order valence-electron chi connectivity index (χ4n) is 2.88. The minimum atomic E-state index is 1.11. The summed E-state index contributed by atoms with van der Waals surface area (Å²) in [6, 6.07) is 8.64. The molecule has 0 bridgehead atoms. The third kappa shape index (κ3) is 2.09. The highest BCUT2D eigenvalue weighted by atomic mass is 15.1. The number of likely N-dealkylation sites (tertiary alicyclic amines) is 1. The highest BCUT2D eigenvalue weighted by molar-refractivity contribution is 5.84. The van der Waals surface area contributed by atoms with Gasteiger partial charge in [0, 0.05) is 23.1 Å². The molecule has 17 heavy (non-hydrogen) atoms. The number of H-pyrrole nitrogens is 1. The van der Waals surface area contributed by atoms with Crippen LogP contribution < -0.4 is 0 Å². The molecule has 0 atom stereocenters. The summed E-state index contributed by atoms with van der Waals surface area (Å²) in [6.45, 7) is 5.83. The summed E-state index contributed by atoms with van der Waals surface area (Å²) in [5.41, 5.74) is 4.09. The van der Waals surface area contributed by atoms with Crippen LogP contribution in [0, 0.1) is 6.92 Å². The first-order valence-corrected chi connectivity index (χ1v) is 6.63. The van der Waals surface area contributed by atoms with Crippen molar-refractivity contribution in [1.82, 2.24) is 9.88 Å². The van der Waals surface area contributed by atoms with E-state index in [0.29, 0.717) is 0 Å². The summed E-state index contributed by atoms with van der Waals surface area (Å²) in [6.07, 6.45) is 4.13. The quantitative estimate of drug-likeness (QED) is 0.834. The third-order valence-electron chi connectivity index (χ3n) is 3.86. The first kappa shape index (κ1) is 10.8. The van der Waals surface area contributed by atoms with E-state index in [2.05, 4.69) is 41.1 Å². The number of hydrogen-bond donors (Lipinski definition) is 1. The minimum absolute atomic E-state index is 1.11. The molecule has 2 heteroatoms. The van der Waals surface area contributed by atoms with Crippen LogP contribution in [0.5, 0.6) is 0 Å². The van der Waals surface area contributed by atoms with Crippen molar-refractivity contribution in [3.8, 4) is 0 Å². The van der Waals surface area contributed by atoms with E-state index in [-0.39, 0.29) is 0 Å². The Bertz CT molecular complexity index is 507. The maximum Gasteiger partial charge on any atom is 0.0459 e. The lowest BCUT2D eigenvalue weighted by molar-refractivity contribution is 0.221. The third-order valence-corrected chi connectivity index (χ3v) is 3.86. The fourth-order valence-corrected chi connectivity index (χ4v) is 2.88. The van der Waals surface area contributed by atoms with Gasteiger partial charge < -0.3 is 4.98 Å². The van der Waals surface area contributed by atoms with E-state index in [1.54, 1.807) is 0 Å². The maximum atomic E-state index is 3.49. The molecule has 90 valence electrons. The lowest BCUT2D eigenvalue weighted by Gasteiger charge is -2.26. The zero-order valence-electron chi connectivity index (χ0n) is 10.5. The van der Waals surface area contributed by atoms with Crippen LogP contribution in [0.25, 0.3) is 10.9 Å². The average Bonchev–Trinajstić information content (AvgIpc) is 2.68. The molecule has 1 aliphatic rings. The van der Waals surface area contributed by atoms with Crippen LogP contribution in [-0.2, 0) is 6.54 Å². The van der Waals surface area contributed by atoms with Crippen molar-refractivity contribution in [1.29, 1.82) is 0 Å². The van der Waals surface area contributed by atoms with Crippen LogP contribution in [0.2, 0.25) is 0 Å². The summed E-state index contributed by atoms with van der Waals surface area (Å²) in [5, 5.41) is 1.40. The second-order valence-electron chi connectivity index (χ2n) is 5.11. The number of benzene rings is 1. The number of piperidine rings is 1. The van der Waals surface area contributed by atoms with Crippen LogP contribution >= 0.6 is 0 Å². The maximum absolute atomic E-state index is 3.49. The van der Waals surface area contributed by atoms with Crippen LogP contribution in [0.15, 0.2) is 24.3 Å². The number of nitrogens with zero attached hydrogens (tertiary/aromatic N) is 1. The molecule has 2 nitrogen and oxygen atoms in total. The second kappa shape index (κ2) is 4.53. The molecule has 0 unspecified atom stereocenters. The molecular weight excluding hydrogens is 208 g/mol. The van der Waals surface area contributed by atoms with E-state index in [1.807, 2.05) is 0 Å². The molecule has 1 saturated heterocycles. The predicted octanol–water partition coefficient (Wildman–Crippen LogP) is 3.46. The van der Waals surface area contributed by atoms with Gasteiger partial charge >= 0.3 is 0 Å². The highest BCUT2D eigenvalue weighted by Gasteiger charge is 2.14. The van der Waals surface area contributed by atoms with Gasteiger partial charge in [0.15, 0.2) is 0 Å². The number of aromatic amines is 1. The largest absolute Gasteiger partial charge is 0.358 e. The van der Waals surface area contributed by atoms with E-state index in [9.17, 15) is 0 Å². The number of aryl methyl sites for hydroxylation is 1. The molecule has 0 aliphatic carbocycles. The Morgan fingerprint density at radius 2 is 1.88 bits per heavy atom. The second-order valence-corrected chi connectivity index (χ2v) is 5.11. The van der Waals surface area contributed by atoms with Gasteiger partial charge in [0.2, 0.25) is 0 Å². The van der Waals surface area contributed by atoms with Crippen LogP contribution in [0.1, 0.15) is 30.5 Å². The number of rotatable bonds is 2. The molecule has 1 fully saturated rings. The van der Waals surface area contributed by atoms with E-state index >= 15 is 0 Å².